The Morgan fingerprint density at radius 2 is 2.12 bits per heavy atom. The minimum atomic E-state index is -0.164. The number of benzene rings is 2. The van der Waals surface area contributed by atoms with Gasteiger partial charge in [0, 0.05) is 29.3 Å². The highest BCUT2D eigenvalue weighted by molar-refractivity contribution is 6.02. The van der Waals surface area contributed by atoms with Crippen LogP contribution in [0.5, 0.6) is 11.5 Å². The molecule has 1 atom stereocenters. The maximum atomic E-state index is 12.3. The molecule has 1 aliphatic heterocycles. The van der Waals surface area contributed by atoms with E-state index in [1.165, 1.54) is 6.08 Å². The van der Waals surface area contributed by atoms with Crippen LogP contribution in [-0.4, -0.2) is 18.6 Å². The summed E-state index contributed by atoms with van der Waals surface area (Å²) in [7, 11) is 0. The molecule has 1 heterocycles. The van der Waals surface area contributed by atoms with Crippen LogP contribution in [0.4, 0.5) is 5.69 Å². The number of amides is 1. The molecule has 4 heteroatoms. The Morgan fingerprint density at radius 1 is 1.31 bits per heavy atom. The first-order valence-electron chi connectivity index (χ1n) is 9.14. The van der Waals surface area contributed by atoms with Gasteiger partial charge in [-0.25, -0.2) is 0 Å². The van der Waals surface area contributed by atoms with Crippen molar-refractivity contribution in [2.24, 2.45) is 0 Å². The SMILES string of the molecule is CCOc1cc2c(cc1/C=C/C(=O)Nc1ccccc1CC)O[C@@H](C)C2. The zero-order chi connectivity index (χ0) is 18.5. The van der Waals surface area contributed by atoms with Crippen LogP contribution in [-0.2, 0) is 17.6 Å². The van der Waals surface area contributed by atoms with E-state index in [0.717, 1.165) is 46.7 Å². The smallest absolute Gasteiger partial charge is 0.248 e. The molecule has 1 aliphatic rings. The fourth-order valence-electron chi connectivity index (χ4n) is 3.16. The van der Waals surface area contributed by atoms with E-state index in [2.05, 4.69) is 19.2 Å². The van der Waals surface area contributed by atoms with E-state index in [-0.39, 0.29) is 12.0 Å². The summed E-state index contributed by atoms with van der Waals surface area (Å²) in [4.78, 5) is 12.3. The summed E-state index contributed by atoms with van der Waals surface area (Å²) in [6, 6.07) is 11.8. The van der Waals surface area contributed by atoms with Crippen LogP contribution in [0.3, 0.4) is 0 Å². The van der Waals surface area contributed by atoms with Crippen molar-refractivity contribution < 1.29 is 14.3 Å². The second-order valence-electron chi connectivity index (χ2n) is 6.40. The molecule has 136 valence electrons. The van der Waals surface area contributed by atoms with Crippen LogP contribution in [0.15, 0.2) is 42.5 Å². The summed E-state index contributed by atoms with van der Waals surface area (Å²) in [5.74, 6) is 1.49. The molecule has 0 saturated heterocycles. The third-order valence-corrected chi connectivity index (χ3v) is 4.40. The number of hydrogen-bond acceptors (Lipinski definition) is 3. The lowest BCUT2D eigenvalue weighted by Crippen LogP contribution is -2.09. The standard InChI is InChI=1S/C22H25NO3/c1-4-16-8-6-7-9-19(16)23-22(24)11-10-17-13-21-18(12-15(3)26-21)14-20(17)25-5-2/h6-11,13-15H,4-5,12H2,1-3H3,(H,23,24)/b11-10+/t15-/m0/s1. The molecule has 0 radical (unpaired) electrons. The normalized spacial score (nSPS) is 15.6. The highest BCUT2D eigenvalue weighted by Gasteiger charge is 2.21. The van der Waals surface area contributed by atoms with Crippen molar-refractivity contribution in [2.45, 2.75) is 39.7 Å². The summed E-state index contributed by atoms with van der Waals surface area (Å²) in [6.45, 7) is 6.65. The molecule has 3 rings (SSSR count). The number of nitrogens with one attached hydrogen (secondary N) is 1. The number of hydrogen-bond donors (Lipinski definition) is 1. The summed E-state index contributed by atoms with van der Waals surface area (Å²) in [6.07, 6.45) is 5.24. The molecule has 1 N–H and O–H groups in total. The average molecular weight is 351 g/mol. The van der Waals surface area contributed by atoms with Crippen molar-refractivity contribution in [2.75, 3.05) is 11.9 Å². The van der Waals surface area contributed by atoms with E-state index in [1.54, 1.807) is 6.08 Å². The van der Waals surface area contributed by atoms with Gasteiger partial charge in [0.25, 0.3) is 0 Å². The number of rotatable bonds is 6. The Balaban J connectivity index is 1.79. The van der Waals surface area contributed by atoms with E-state index in [1.807, 2.05) is 43.3 Å². The number of carbonyl (C=O) groups excluding carboxylic acids is 1. The number of carbonyl (C=O) groups is 1. The predicted molar refractivity (Wildman–Crippen MR) is 105 cm³/mol. The van der Waals surface area contributed by atoms with E-state index in [9.17, 15) is 4.79 Å². The van der Waals surface area contributed by atoms with Crippen molar-refractivity contribution in [3.05, 3.63) is 59.2 Å². The Labute approximate surface area is 154 Å². The molecule has 0 aromatic heterocycles. The van der Waals surface area contributed by atoms with Gasteiger partial charge in [-0.3, -0.25) is 4.79 Å². The number of ether oxygens (including phenoxy) is 2. The minimum absolute atomic E-state index is 0.164. The van der Waals surface area contributed by atoms with E-state index < -0.39 is 0 Å². The Bertz CT molecular complexity index is 826. The molecule has 2 aromatic rings. The highest BCUT2D eigenvalue weighted by atomic mass is 16.5. The first-order valence-corrected chi connectivity index (χ1v) is 9.14. The maximum Gasteiger partial charge on any atom is 0.248 e. The average Bonchev–Trinajstić information content (AvgIpc) is 2.99. The fourth-order valence-corrected chi connectivity index (χ4v) is 3.16. The lowest BCUT2D eigenvalue weighted by molar-refractivity contribution is -0.111. The zero-order valence-corrected chi connectivity index (χ0v) is 15.5. The zero-order valence-electron chi connectivity index (χ0n) is 15.5. The molecular formula is C22H25NO3. The van der Waals surface area contributed by atoms with Gasteiger partial charge in [-0.15, -0.1) is 0 Å². The number of fused-ring (bicyclic) bond motifs is 1. The number of aryl methyl sites for hydroxylation is 1. The highest BCUT2D eigenvalue weighted by Crippen LogP contribution is 2.35. The van der Waals surface area contributed by atoms with Gasteiger partial charge in [-0.05, 0) is 50.1 Å². The third kappa shape index (κ3) is 4.07. The van der Waals surface area contributed by atoms with E-state index >= 15 is 0 Å². The van der Waals surface area contributed by atoms with Gasteiger partial charge in [-0.2, -0.15) is 0 Å². The lowest BCUT2D eigenvalue weighted by Gasteiger charge is -2.10. The van der Waals surface area contributed by atoms with Crippen molar-refractivity contribution in [1.82, 2.24) is 0 Å². The van der Waals surface area contributed by atoms with Gasteiger partial charge in [-0.1, -0.05) is 25.1 Å². The van der Waals surface area contributed by atoms with Crippen LogP contribution >= 0.6 is 0 Å². The van der Waals surface area contributed by atoms with Gasteiger partial charge in [0.15, 0.2) is 0 Å². The Kier molecular flexibility index (Phi) is 5.61. The second-order valence-corrected chi connectivity index (χ2v) is 6.40. The van der Waals surface area contributed by atoms with Crippen LogP contribution in [0, 0.1) is 0 Å². The second kappa shape index (κ2) is 8.09. The fraction of sp³-hybridized carbons (Fsp3) is 0.318. The first-order chi connectivity index (χ1) is 12.6. The molecule has 0 fully saturated rings. The van der Waals surface area contributed by atoms with E-state index in [4.69, 9.17) is 9.47 Å². The topological polar surface area (TPSA) is 47.6 Å². The quantitative estimate of drug-likeness (QED) is 0.772. The van der Waals surface area contributed by atoms with E-state index in [0.29, 0.717) is 6.61 Å². The van der Waals surface area contributed by atoms with Crippen molar-refractivity contribution in [1.29, 1.82) is 0 Å². The van der Waals surface area contributed by atoms with Crippen molar-refractivity contribution in [3.8, 4) is 11.5 Å². The molecule has 0 aliphatic carbocycles. The van der Waals surface area contributed by atoms with Crippen molar-refractivity contribution in [3.63, 3.8) is 0 Å². The Morgan fingerprint density at radius 3 is 2.88 bits per heavy atom. The van der Waals surface area contributed by atoms with Crippen LogP contribution in [0.25, 0.3) is 6.08 Å². The molecule has 4 nitrogen and oxygen atoms in total. The maximum absolute atomic E-state index is 12.3. The van der Waals surface area contributed by atoms with Crippen LogP contribution in [0.1, 0.15) is 37.5 Å². The number of para-hydroxylation sites is 1. The summed E-state index contributed by atoms with van der Waals surface area (Å²) < 4.78 is 11.6. The number of anilines is 1. The van der Waals surface area contributed by atoms with Crippen molar-refractivity contribution >= 4 is 17.7 Å². The van der Waals surface area contributed by atoms with Crippen LogP contribution < -0.4 is 14.8 Å². The van der Waals surface area contributed by atoms with Gasteiger partial charge >= 0.3 is 0 Å². The molecule has 0 spiro atoms. The third-order valence-electron chi connectivity index (χ3n) is 4.40. The van der Waals surface area contributed by atoms with Crippen LogP contribution in [0.2, 0.25) is 0 Å². The van der Waals surface area contributed by atoms with Gasteiger partial charge < -0.3 is 14.8 Å². The molecule has 2 aromatic carbocycles. The van der Waals surface area contributed by atoms with Gasteiger partial charge in [0.05, 0.1) is 6.61 Å². The molecular weight excluding hydrogens is 326 g/mol. The monoisotopic (exact) mass is 351 g/mol. The minimum Gasteiger partial charge on any atom is -0.493 e. The molecule has 0 unspecified atom stereocenters. The summed E-state index contributed by atoms with van der Waals surface area (Å²) >= 11 is 0. The molecule has 1 amide bonds. The van der Waals surface area contributed by atoms with Gasteiger partial charge in [0.2, 0.25) is 5.91 Å². The molecule has 0 saturated carbocycles. The predicted octanol–water partition coefficient (Wildman–Crippen LogP) is 4.62. The largest absolute Gasteiger partial charge is 0.493 e. The Hall–Kier alpha value is -2.75. The summed E-state index contributed by atoms with van der Waals surface area (Å²) in [5.41, 5.74) is 3.96. The summed E-state index contributed by atoms with van der Waals surface area (Å²) in [5, 5.41) is 2.94. The lowest BCUT2D eigenvalue weighted by atomic mass is 10.1. The molecule has 26 heavy (non-hydrogen) atoms. The van der Waals surface area contributed by atoms with Gasteiger partial charge in [0.1, 0.15) is 17.6 Å². The molecule has 0 bridgehead atoms. The first kappa shape index (κ1) is 18.1.